The molecule has 0 radical (unpaired) electrons. The average molecular weight is 274 g/mol. The van der Waals surface area contributed by atoms with Crippen molar-refractivity contribution in [2.24, 2.45) is 0 Å². The molecule has 0 aromatic carbocycles. The van der Waals surface area contributed by atoms with Crippen molar-refractivity contribution in [2.75, 3.05) is 27.4 Å². The predicted molar refractivity (Wildman–Crippen MR) is 81.0 cm³/mol. The van der Waals surface area contributed by atoms with Gasteiger partial charge in [-0.3, -0.25) is 4.79 Å². The van der Waals surface area contributed by atoms with Crippen LogP contribution in [0.15, 0.2) is 0 Å². The van der Waals surface area contributed by atoms with E-state index in [2.05, 4.69) is 9.47 Å². The minimum atomic E-state index is 0. The minimum Gasteiger partial charge on any atom is -0.414 e. The van der Waals surface area contributed by atoms with Crippen LogP contribution in [-0.2, 0) is 19.1 Å². The summed E-state index contributed by atoms with van der Waals surface area (Å²) in [7, 11) is 3.14. The van der Waals surface area contributed by atoms with E-state index in [4.69, 9.17) is 0 Å². The van der Waals surface area contributed by atoms with Gasteiger partial charge < -0.3 is 20.7 Å². The smallest absolute Gasteiger partial charge is 0.414 e. The van der Waals surface area contributed by atoms with Gasteiger partial charge in [0, 0.05) is 20.6 Å². The first kappa shape index (κ1) is 42.8. The Morgan fingerprint density at radius 3 is 1.47 bits per heavy atom. The van der Waals surface area contributed by atoms with Crippen molar-refractivity contribution in [1.29, 1.82) is 0 Å². The molecule has 0 fully saturated rings. The summed E-state index contributed by atoms with van der Waals surface area (Å²) in [6, 6.07) is 0. The number of hydrogen-bond donors (Lipinski definition) is 0. The molecule has 19 heavy (non-hydrogen) atoms. The number of hydrogen-bond acceptors (Lipinski definition) is 4. The van der Waals surface area contributed by atoms with Gasteiger partial charge in [-0.1, -0.05) is 36.3 Å². The Morgan fingerprint density at radius 1 is 0.947 bits per heavy atom. The Balaban J connectivity index is -0.0000000240. The first-order valence-corrected chi connectivity index (χ1v) is 4.35. The van der Waals surface area contributed by atoms with Gasteiger partial charge in [-0.2, -0.15) is 0 Å². The van der Waals surface area contributed by atoms with E-state index in [0.29, 0.717) is 19.6 Å². The quantitative estimate of drug-likeness (QED) is 0.525. The molecular formula is C14H35LiO4. The predicted octanol–water partition coefficient (Wildman–Crippen LogP) is 0.586. The molecule has 0 atom stereocenters. The van der Waals surface area contributed by atoms with E-state index in [1.165, 1.54) is 13.3 Å². The fourth-order valence-electron chi connectivity index (χ4n) is 0.446. The van der Waals surface area contributed by atoms with Crippen LogP contribution in [0.4, 0.5) is 0 Å². The molecule has 0 aliphatic rings. The zero-order chi connectivity index (χ0) is 11.4. The standard InChI is InChI=1S/C5H10O2.C5H9O2.4CH4.Li/c2*1-5(6)3-4-7-2;;;;;/h3-4H2,1-2H3;3H,4H2,1-2H3;4*1H4;/q;-1;;;;;+1. The topological polar surface area (TPSA) is 52.6 Å². The van der Waals surface area contributed by atoms with E-state index < -0.39 is 0 Å². The number of carbonyl (C=O) groups is 2. The van der Waals surface area contributed by atoms with Crippen LogP contribution >= 0.6 is 0 Å². The van der Waals surface area contributed by atoms with Crippen molar-refractivity contribution in [3.8, 4) is 0 Å². The zero-order valence-corrected chi connectivity index (χ0v) is 10.3. The molecule has 0 bridgehead atoms. The van der Waals surface area contributed by atoms with E-state index in [-0.39, 0.29) is 60.1 Å². The number of methoxy groups -OCH3 is 2. The molecule has 0 saturated carbocycles. The SMILES string of the molecule is C.C.C.C.COCCC(C)=O.COC[CH-]C(C)=O.[Li+]. The molecule has 0 aromatic rings. The van der Waals surface area contributed by atoms with Crippen molar-refractivity contribution < 1.29 is 37.9 Å². The molecule has 116 valence electrons. The maximum atomic E-state index is 10.1. The van der Waals surface area contributed by atoms with Crippen LogP contribution in [0.5, 0.6) is 0 Å². The molecule has 0 aromatic heterocycles. The average Bonchev–Trinajstić information content (AvgIpc) is 2.12. The van der Waals surface area contributed by atoms with E-state index in [9.17, 15) is 9.59 Å². The third kappa shape index (κ3) is 73.4. The summed E-state index contributed by atoms with van der Waals surface area (Å²) in [6.45, 7) is 4.03. The monoisotopic (exact) mass is 274 g/mol. The fraction of sp³-hybridized carbons (Fsp3) is 0.786. The van der Waals surface area contributed by atoms with Gasteiger partial charge in [-0.25, -0.2) is 0 Å². The van der Waals surface area contributed by atoms with Crippen molar-refractivity contribution >= 4 is 11.6 Å². The molecule has 0 N–H and O–H groups in total. The molecule has 0 unspecified atom stereocenters. The van der Waals surface area contributed by atoms with Crippen LogP contribution in [0.3, 0.4) is 0 Å². The first-order valence-electron chi connectivity index (χ1n) is 4.35. The molecule has 0 aliphatic heterocycles. The number of Topliss-reactive ketones (excluding diaryl/α,β-unsaturated/α-hetero) is 2. The second-order valence-electron chi connectivity index (χ2n) is 2.71. The summed E-state index contributed by atoms with van der Waals surface area (Å²) in [5.74, 6) is 0.240. The Labute approximate surface area is 133 Å². The van der Waals surface area contributed by atoms with Crippen LogP contribution in [0.25, 0.3) is 0 Å². The number of carbonyl (C=O) groups excluding carboxylic acids is 2. The van der Waals surface area contributed by atoms with Crippen LogP contribution < -0.4 is 18.9 Å². The Hall–Kier alpha value is -0.273. The van der Waals surface area contributed by atoms with Crippen LogP contribution in [0.1, 0.15) is 50.0 Å². The van der Waals surface area contributed by atoms with Crippen molar-refractivity contribution in [3.63, 3.8) is 0 Å². The molecule has 0 heterocycles. The van der Waals surface area contributed by atoms with Crippen molar-refractivity contribution in [2.45, 2.75) is 50.0 Å². The van der Waals surface area contributed by atoms with Gasteiger partial charge >= 0.3 is 18.9 Å². The minimum absolute atomic E-state index is 0. The summed E-state index contributed by atoms with van der Waals surface area (Å²) in [4.78, 5) is 20.2. The van der Waals surface area contributed by atoms with Gasteiger partial charge in [0.25, 0.3) is 0 Å². The number of rotatable bonds is 6. The third-order valence-electron chi connectivity index (χ3n) is 1.20. The van der Waals surface area contributed by atoms with Crippen LogP contribution in [-0.4, -0.2) is 39.0 Å². The maximum Gasteiger partial charge on any atom is 1.00 e. The first-order chi connectivity index (χ1) is 6.54. The molecule has 0 amide bonds. The summed E-state index contributed by atoms with van der Waals surface area (Å²) in [5.41, 5.74) is 0. The third-order valence-corrected chi connectivity index (χ3v) is 1.20. The second kappa shape index (κ2) is 36.1. The van der Waals surface area contributed by atoms with E-state index >= 15 is 0 Å². The van der Waals surface area contributed by atoms with Gasteiger partial charge in [-0.05, 0) is 19.6 Å². The Bertz CT molecular complexity index is 144. The second-order valence-corrected chi connectivity index (χ2v) is 2.71. The van der Waals surface area contributed by atoms with Crippen molar-refractivity contribution in [3.05, 3.63) is 6.42 Å². The maximum absolute atomic E-state index is 10.1. The summed E-state index contributed by atoms with van der Waals surface area (Å²) >= 11 is 0. The number of ketones is 2. The summed E-state index contributed by atoms with van der Waals surface area (Å²) in [5, 5.41) is 0. The van der Waals surface area contributed by atoms with Gasteiger partial charge in [0.1, 0.15) is 5.78 Å². The molecular weight excluding hydrogens is 239 g/mol. The Kier molecular flexibility index (Phi) is 81.2. The van der Waals surface area contributed by atoms with E-state index in [1.807, 2.05) is 0 Å². The molecule has 5 heteroatoms. The number of ether oxygens (including phenoxy) is 2. The van der Waals surface area contributed by atoms with E-state index in [1.54, 1.807) is 21.1 Å². The van der Waals surface area contributed by atoms with Crippen molar-refractivity contribution in [1.82, 2.24) is 0 Å². The molecule has 0 spiro atoms. The van der Waals surface area contributed by atoms with Gasteiger partial charge in [0.15, 0.2) is 0 Å². The van der Waals surface area contributed by atoms with Gasteiger partial charge in [0.05, 0.1) is 6.61 Å². The molecule has 4 nitrogen and oxygen atoms in total. The summed E-state index contributed by atoms with van der Waals surface area (Å²) in [6.07, 6.45) is 2.02. The van der Waals surface area contributed by atoms with Crippen LogP contribution in [0, 0.1) is 6.42 Å². The molecule has 0 aliphatic carbocycles. The normalized spacial score (nSPS) is 6.32. The summed E-state index contributed by atoms with van der Waals surface area (Å²) < 4.78 is 9.21. The van der Waals surface area contributed by atoms with Crippen LogP contribution in [0.2, 0.25) is 0 Å². The molecule has 0 rings (SSSR count). The van der Waals surface area contributed by atoms with Gasteiger partial charge in [-0.15, -0.1) is 0 Å². The van der Waals surface area contributed by atoms with Gasteiger partial charge in [0.2, 0.25) is 0 Å². The fourth-order valence-corrected chi connectivity index (χ4v) is 0.446. The largest absolute Gasteiger partial charge is 1.00 e. The Morgan fingerprint density at radius 2 is 1.37 bits per heavy atom. The van der Waals surface area contributed by atoms with E-state index in [0.717, 1.165) is 0 Å². The molecule has 0 saturated heterocycles. The zero-order valence-electron chi connectivity index (χ0n) is 10.3.